The van der Waals surface area contributed by atoms with Crippen molar-refractivity contribution in [2.75, 3.05) is 24.6 Å². The van der Waals surface area contributed by atoms with Crippen molar-refractivity contribution in [2.45, 2.75) is 26.2 Å². The number of nitrogens with zero attached hydrogens (tertiary/aromatic N) is 8. The van der Waals surface area contributed by atoms with Crippen molar-refractivity contribution in [2.24, 2.45) is 10.9 Å². The van der Waals surface area contributed by atoms with Crippen molar-refractivity contribution in [3.05, 3.63) is 57.6 Å². The van der Waals surface area contributed by atoms with E-state index in [9.17, 15) is 4.21 Å². The summed E-state index contributed by atoms with van der Waals surface area (Å²) in [6.45, 7) is 3.76. The van der Waals surface area contributed by atoms with Crippen molar-refractivity contribution < 1.29 is 8.95 Å². The molecule has 182 valence electrons. The Hall–Kier alpha value is -2.89. The van der Waals surface area contributed by atoms with E-state index in [1.165, 1.54) is 11.0 Å². The highest BCUT2D eigenvalue weighted by atomic mass is 35.5. The lowest BCUT2D eigenvalue weighted by Gasteiger charge is -2.31. The van der Waals surface area contributed by atoms with E-state index in [-0.39, 0.29) is 12.5 Å². The van der Waals surface area contributed by atoms with Crippen LogP contribution in [0, 0.1) is 5.92 Å². The molecule has 0 spiro atoms. The van der Waals surface area contributed by atoms with E-state index in [0.29, 0.717) is 32.2 Å². The predicted octanol–water partition coefficient (Wildman–Crippen LogP) is 3.62. The quantitative estimate of drug-likeness (QED) is 0.453. The Labute approximate surface area is 214 Å². The molecule has 13 heteroatoms. The highest BCUT2D eigenvalue weighted by Gasteiger charge is 2.30. The van der Waals surface area contributed by atoms with E-state index < -0.39 is 10.8 Å². The largest absolute Gasteiger partial charge is 0.484 e. The van der Waals surface area contributed by atoms with Crippen LogP contribution in [0.15, 0.2) is 47.0 Å². The van der Waals surface area contributed by atoms with E-state index in [1.807, 2.05) is 12.4 Å². The zero-order chi connectivity index (χ0) is 24.4. The number of rotatable bonds is 7. The Morgan fingerprint density at radius 2 is 1.86 bits per heavy atom. The normalized spacial score (nSPS) is 18.5. The van der Waals surface area contributed by atoms with Crippen LogP contribution < -0.4 is 9.64 Å². The van der Waals surface area contributed by atoms with Crippen molar-refractivity contribution >= 4 is 45.0 Å². The summed E-state index contributed by atoms with van der Waals surface area (Å²) in [6.07, 6.45) is 7.77. The van der Waals surface area contributed by atoms with Crippen LogP contribution >= 0.6 is 23.2 Å². The average molecular weight is 533 g/mol. The number of halogens is 2. The maximum absolute atomic E-state index is 12.8. The minimum absolute atomic E-state index is 0.107. The van der Waals surface area contributed by atoms with Gasteiger partial charge in [0.25, 0.3) is 0 Å². The van der Waals surface area contributed by atoms with Crippen LogP contribution in [0.5, 0.6) is 5.75 Å². The SMILES string of the molecule is CCc1cnc(N2CCC(C3=NC(COc4c(Cl)cc(-n5cnnn5)cc4Cl)=CS3=O)CC2)nc1. The number of aliphatic imine (C=N–C) groups is 1. The molecule has 1 unspecified atom stereocenters. The van der Waals surface area contributed by atoms with Crippen LogP contribution in [-0.2, 0) is 17.2 Å². The standard InChI is InChI=1S/C22H22Cl2N8O2S/c1-2-14-9-25-22(26-10-14)31-5-3-15(4-6-31)21-28-16(12-35(21)33)11-34-20-18(23)7-17(8-19(20)24)32-13-27-29-30-32/h7-10,12-13,15H,2-6,11H2,1H3. The Balaban J connectivity index is 1.20. The molecule has 10 nitrogen and oxygen atoms in total. The van der Waals surface area contributed by atoms with E-state index >= 15 is 0 Å². The fourth-order valence-electron chi connectivity index (χ4n) is 3.98. The maximum atomic E-state index is 12.8. The molecule has 0 radical (unpaired) electrons. The minimum Gasteiger partial charge on any atom is -0.484 e. The average Bonchev–Trinajstić information content (AvgIpc) is 3.54. The summed E-state index contributed by atoms with van der Waals surface area (Å²) < 4.78 is 20.0. The molecule has 2 aliphatic heterocycles. The highest BCUT2D eigenvalue weighted by Crippen LogP contribution is 2.36. The lowest BCUT2D eigenvalue weighted by atomic mass is 9.98. The number of aryl methyl sites for hydroxylation is 1. The number of benzene rings is 1. The van der Waals surface area contributed by atoms with Gasteiger partial charge in [0.15, 0.2) is 5.75 Å². The molecule has 2 aliphatic rings. The molecule has 3 aromatic rings. The van der Waals surface area contributed by atoms with Crippen LogP contribution in [0.2, 0.25) is 10.0 Å². The van der Waals surface area contributed by atoms with Gasteiger partial charge in [-0.15, -0.1) is 5.10 Å². The zero-order valence-electron chi connectivity index (χ0n) is 18.8. The minimum atomic E-state index is -1.27. The van der Waals surface area contributed by atoms with Crippen LogP contribution in [0.4, 0.5) is 5.95 Å². The van der Waals surface area contributed by atoms with E-state index in [1.54, 1.807) is 17.5 Å². The molecule has 5 rings (SSSR count). The van der Waals surface area contributed by atoms with Crippen molar-refractivity contribution in [3.63, 3.8) is 0 Å². The monoisotopic (exact) mass is 532 g/mol. The molecule has 1 atom stereocenters. The lowest BCUT2D eigenvalue weighted by Crippen LogP contribution is -2.37. The molecule has 0 N–H and O–H groups in total. The zero-order valence-corrected chi connectivity index (χ0v) is 21.2. The first-order valence-electron chi connectivity index (χ1n) is 11.1. The first kappa shape index (κ1) is 23.8. The second-order valence-corrected chi connectivity index (χ2v) is 10.2. The molecule has 1 fully saturated rings. The predicted molar refractivity (Wildman–Crippen MR) is 135 cm³/mol. The summed E-state index contributed by atoms with van der Waals surface area (Å²) in [6, 6.07) is 3.31. The highest BCUT2D eigenvalue weighted by molar-refractivity contribution is 8.03. The molecular weight excluding hydrogens is 511 g/mol. The molecule has 0 saturated carbocycles. The molecule has 4 heterocycles. The first-order valence-corrected chi connectivity index (χ1v) is 13.1. The van der Waals surface area contributed by atoms with Crippen molar-refractivity contribution in [3.8, 4) is 11.4 Å². The fourth-order valence-corrected chi connectivity index (χ4v) is 5.83. The summed E-state index contributed by atoms with van der Waals surface area (Å²) in [7, 11) is -1.27. The molecule has 0 bridgehead atoms. The van der Waals surface area contributed by atoms with Gasteiger partial charge in [0.1, 0.15) is 18.0 Å². The Bertz CT molecular complexity index is 1270. The van der Waals surface area contributed by atoms with Gasteiger partial charge in [0.2, 0.25) is 5.95 Å². The third-order valence-electron chi connectivity index (χ3n) is 5.89. The van der Waals surface area contributed by atoms with Gasteiger partial charge in [-0.05, 0) is 47.4 Å². The lowest BCUT2D eigenvalue weighted by molar-refractivity contribution is 0.351. The number of piperidine rings is 1. The summed E-state index contributed by atoms with van der Waals surface area (Å²) in [5, 5.41) is 14.0. The van der Waals surface area contributed by atoms with Crippen LogP contribution in [-0.4, -0.2) is 59.1 Å². The second-order valence-electron chi connectivity index (χ2n) is 8.14. The number of hydrogen-bond donors (Lipinski definition) is 0. The van der Waals surface area contributed by atoms with Crippen molar-refractivity contribution in [1.29, 1.82) is 0 Å². The van der Waals surface area contributed by atoms with Gasteiger partial charge >= 0.3 is 0 Å². The third-order valence-corrected chi connectivity index (χ3v) is 7.78. The van der Waals surface area contributed by atoms with E-state index in [2.05, 4.69) is 42.3 Å². The van der Waals surface area contributed by atoms with E-state index in [0.717, 1.165) is 43.9 Å². The van der Waals surface area contributed by atoms with Gasteiger partial charge in [-0.1, -0.05) is 30.1 Å². The van der Waals surface area contributed by atoms with Crippen molar-refractivity contribution in [1.82, 2.24) is 30.2 Å². The first-order chi connectivity index (χ1) is 17.0. The van der Waals surface area contributed by atoms with E-state index in [4.69, 9.17) is 27.9 Å². The molecule has 2 aromatic heterocycles. The van der Waals surface area contributed by atoms with Gasteiger partial charge < -0.3 is 9.64 Å². The molecule has 0 aliphatic carbocycles. The summed E-state index contributed by atoms with van der Waals surface area (Å²) in [4.78, 5) is 15.7. The number of aromatic nitrogens is 6. The molecule has 35 heavy (non-hydrogen) atoms. The molecule has 0 amide bonds. The Morgan fingerprint density at radius 3 is 2.49 bits per heavy atom. The summed E-state index contributed by atoms with van der Waals surface area (Å²) in [5.41, 5.74) is 2.32. The second kappa shape index (κ2) is 10.4. The topological polar surface area (TPSA) is 111 Å². The van der Waals surface area contributed by atoms with Gasteiger partial charge in [-0.2, -0.15) is 0 Å². The number of tetrazole rings is 1. The van der Waals surface area contributed by atoms with Crippen LogP contribution in [0.1, 0.15) is 25.3 Å². The number of ether oxygens (including phenoxy) is 1. The molecule has 1 saturated heterocycles. The summed E-state index contributed by atoms with van der Waals surface area (Å²) in [5.74, 6) is 1.20. The summed E-state index contributed by atoms with van der Waals surface area (Å²) >= 11 is 12.8. The van der Waals surface area contributed by atoms with Gasteiger partial charge in [-0.25, -0.2) is 23.9 Å². The van der Waals surface area contributed by atoms with Crippen LogP contribution in [0.25, 0.3) is 5.69 Å². The third kappa shape index (κ3) is 5.21. The number of hydrogen-bond acceptors (Lipinski definition) is 9. The van der Waals surface area contributed by atoms with Crippen LogP contribution in [0.3, 0.4) is 0 Å². The van der Waals surface area contributed by atoms with Gasteiger partial charge in [0, 0.05) is 36.8 Å². The Morgan fingerprint density at radius 1 is 1.14 bits per heavy atom. The fraction of sp³-hybridized carbons (Fsp3) is 0.364. The molecule has 1 aromatic carbocycles. The maximum Gasteiger partial charge on any atom is 0.225 e. The molecular formula is C22H22Cl2N8O2S. The van der Waals surface area contributed by atoms with Gasteiger partial charge in [-0.3, -0.25) is 0 Å². The Kier molecular flexibility index (Phi) is 7.07. The number of anilines is 1. The smallest absolute Gasteiger partial charge is 0.225 e. The van der Waals surface area contributed by atoms with Gasteiger partial charge in [0.05, 0.1) is 32.2 Å².